The molecule has 3 atom stereocenters. The summed E-state index contributed by atoms with van der Waals surface area (Å²) in [5.74, 6) is 1.45. The van der Waals surface area contributed by atoms with Gasteiger partial charge in [0.1, 0.15) is 11.5 Å². The van der Waals surface area contributed by atoms with Crippen LogP contribution in [0.15, 0.2) is 72.8 Å². The SMILES string of the molecule is COc1cccc(CCNC(N)C(c2ccccc2OC)C(N)Cc2ccccc2Cl)c1. The summed E-state index contributed by atoms with van der Waals surface area (Å²) >= 11 is 6.40. The Balaban J connectivity index is 1.77. The van der Waals surface area contributed by atoms with Crippen molar-refractivity contribution in [2.24, 2.45) is 11.5 Å². The Kier molecular flexibility index (Phi) is 8.94. The minimum atomic E-state index is -0.366. The van der Waals surface area contributed by atoms with Crippen LogP contribution in [-0.4, -0.2) is 33.0 Å². The molecule has 0 saturated heterocycles. The van der Waals surface area contributed by atoms with E-state index in [1.54, 1.807) is 14.2 Å². The van der Waals surface area contributed by atoms with Gasteiger partial charge in [-0.3, -0.25) is 0 Å². The first-order valence-corrected chi connectivity index (χ1v) is 11.1. The fourth-order valence-corrected chi connectivity index (χ4v) is 4.23. The maximum Gasteiger partial charge on any atom is 0.122 e. The summed E-state index contributed by atoms with van der Waals surface area (Å²) in [6, 6.07) is 23.5. The Morgan fingerprint density at radius 3 is 2.41 bits per heavy atom. The van der Waals surface area contributed by atoms with E-state index in [0.717, 1.165) is 29.0 Å². The number of benzene rings is 3. The molecule has 0 bridgehead atoms. The van der Waals surface area contributed by atoms with Gasteiger partial charge in [-0.15, -0.1) is 0 Å². The minimum Gasteiger partial charge on any atom is -0.497 e. The van der Waals surface area contributed by atoms with Crippen LogP contribution in [0.1, 0.15) is 22.6 Å². The zero-order chi connectivity index (χ0) is 22.9. The Morgan fingerprint density at radius 2 is 1.66 bits per heavy atom. The summed E-state index contributed by atoms with van der Waals surface area (Å²) in [6.07, 6.45) is 1.06. The molecule has 6 heteroatoms. The summed E-state index contributed by atoms with van der Waals surface area (Å²) in [6.45, 7) is 0.707. The lowest BCUT2D eigenvalue weighted by Crippen LogP contribution is -2.50. The first-order chi connectivity index (χ1) is 15.5. The number of halogens is 1. The van der Waals surface area contributed by atoms with Gasteiger partial charge >= 0.3 is 0 Å². The summed E-state index contributed by atoms with van der Waals surface area (Å²) < 4.78 is 10.9. The van der Waals surface area contributed by atoms with Gasteiger partial charge in [0.25, 0.3) is 0 Å². The summed E-state index contributed by atoms with van der Waals surface area (Å²) in [7, 11) is 3.34. The quantitative estimate of drug-likeness (QED) is 0.380. The van der Waals surface area contributed by atoms with Gasteiger partial charge in [-0.1, -0.05) is 60.1 Å². The van der Waals surface area contributed by atoms with E-state index >= 15 is 0 Å². The topological polar surface area (TPSA) is 82.5 Å². The average molecular weight is 454 g/mol. The zero-order valence-electron chi connectivity index (χ0n) is 18.6. The molecule has 3 unspecified atom stereocenters. The third kappa shape index (κ3) is 6.24. The highest BCUT2D eigenvalue weighted by Crippen LogP contribution is 2.32. The van der Waals surface area contributed by atoms with Crippen LogP contribution in [0.4, 0.5) is 0 Å². The maximum atomic E-state index is 6.75. The van der Waals surface area contributed by atoms with Gasteiger partial charge in [0.05, 0.1) is 20.4 Å². The third-order valence-corrected chi connectivity index (χ3v) is 6.06. The highest BCUT2D eigenvalue weighted by atomic mass is 35.5. The summed E-state index contributed by atoms with van der Waals surface area (Å²) in [5, 5.41) is 4.18. The van der Waals surface area contributed by atoms with E-state index in [0.29, 0.717) is 18.0 Å². The number of nitrogens with two attached hydrogens (primary N) is 2. The van der Waals surface area contributed by atoms with Crippen LogP contribution in [0.3, 0.4) is 0 Å². The molecule has 32 heavy (non-hydrogen) atoms. The predicted molar refractivity (Wildman–Crippen MR) is 132 cm³/mol. The normalized spacial score (nSPS) is 13.9. The first kappa shape index (κ1) is 24.1. The van der Waals surface area contributed by atoms with Crippen LogP contribution in [-0.2, 0) is 12.8 Å². The van der Waals surface area contributed by atoms with Crippen LogP contribution in [0, 0.1) is 0 Å². The second-order valence-corrected chi connectivity index (χ2v) is 8.22. The molecule has 5 N–H and O–H groups in total. The van der Waals surface area contributed by atoms with Crippen molar-refractivity contribution in [1.82, 2.24) is 5.32 Å². The van der Waals surface area contributed by atoms with Crippen LogP contribution in [0.2, 0.25) is 5.02 Å². The molecule has 0 aliphatic carbocycles. The van der Waals surface area contributed by atoms with Crippen molar-refractivity contribution in [2.45, 2.75) is 31.0 Å². The zero-order valence-corrected chi connectivity index (χ0v) is 19.4. The van der Waals surface area contributed by atoms with Crippen LogP contribution in [0.5, 0.6) is 11.5 Å². The molecule has 0 saturated carbocycles. The summed E-state index contributed by atoms with van der Waals surface area (Å²) in [4.78, 5) is 0. The molecule has 3 rings (SSSR count). The van der Waals surface area contributed by atoms with Crippen LogP contribution < -0.4 is 26.3 Å². The fraction of sp³-hybridized carbons (Fsp3) is 0.308. The number of nitrogens with one attached hydrogen (secondary N) is 1. The van der Waals surface area contributed by atoms with Crippen molar-refractivity contribution in [3.8, 4) is 11.5 Å². The monoisotopic (exact) mass is 453 g/mol. The number of rotatable bonds is 11. The Morgan fingerprint density at radius 1 is 0.906 bits per heavy atom. The Hall–Kier alpha value is -2.57. The van der Waals surface area contributed by atoms with E-state index in [1.165, 1.54) is 5.56 Å². The number of ether oxygens (including phenoxy) is 2. The molecular weight excluding hydrogens is 422 g/mol. The standard InChI is InChI=1S/C26H32ClN3O2/c1-31-20-10-7-8-18(16-20)14-15-30-26(29)25(21-11-4-6-13-24(21)32-2)23(28)17-19-9-3-5-12-22(19)27/h3-13,16,23,25-26,30H,14-15,17,28-29H2,1-2H3. The molecule has 0 radical (unpaired) electrons. The smallest absolute Gasteiger partial charge is 0.122 e. The molecule has 170 valence electrons. The van der Waals surface area contributed by atoms with Crippen molar-refractivity contribution in [1.29, 1.82) is 0 Å². The van der Waals surface area contributed by atoms with Crippen LogP contribution >= 0.6 is 11.6 Å². The number of methoxy groups -OCH3 is 2. The van der Waals surface area contributed by atoms with E-state index < -0.39 is 0 Å². The predicted octanol–water partition coefficient (Wildman–Crippen LogP) is 4.13. The Bertz CT molecular complexity index is 998. The molecule has 5 nitrogen and oxygen atoms in total. The lowest BCUT2D eigenvalue weighted by molar-refractivity contribution is 0.360. The molecule has 0 heterocycles. The van der Waals surface area contributed by atoms with Crippen molar-refractivity contribution in [3.05, 3.63) is 94.5 Å². The highest BCUT2D eigenvalue weighted by molar-refractivity contribution is 6.31. The molecule has 0 fully saturated rings. The second kappa shape index (κ2) is 11.9. The molecule has 0 aliphatic rings. The van der Waals surface area contributed by atoms with Gasteiger partial charge in [-0.2, -0.15) is 0 Å². The van der Waals surface area contributed by atoms with Crippen molar-refractivity contribution in [2.75, 3.05) is 20.8 Å². The molecule has 0 aliphatic heterocycles. The van der Waals surface area contributed by atoms with E-state index in [4.69, 9.17) is 32.5 Å². The van der Waals surface area contributed by atoms with Crippen molar-refractivity contribution < 1.29 is 9.47 Å². The van der Waals surface area contributed by atoms with Crippen molar-refractivity contribution in [3.63, 3.8) is 0 Å². The van der Waals surface area contributed by atoms with Gasteiger partial charge in [-0.25, -0.2) is 0 Å². The molecule has 0 spiro atoms. The second-order valence-electron chi connectivity index (χ2n) is 7.81. The molecular formula is C26H32ClN3O2. The molecule has 3 aromatic carbocycles. The van der Waals surface area contributed by atoms with E-state index in [-0.39, 0.29) is 18.1 Å². The number of para-hydroxylation sites is 1. The lowest BCUT2D eigenvalue weighted by atomic mass is 9.85. The average Bonchev–Trinajstić information content (AvgIpc) is 2.81. The maximum absolute atomic E-state index is 6.75. The van der Waals surface area contributed by atoms with E-state index in [9.17, 15) is 0 Å². The van der Waals surface area contributed by atoms with Gasteiger partial charge in [-0.05, 0) is 48.2 Å². The van der Waals surface area contributed by atoms with Crippen LogP contribution in [0.25, 0.3) is 0 Å². The molecule has 3 aromatic rings. The fourth-order valence-electron chi connectivity index (χ4n) is 4.02. The van der Waals surface area contributed by atoms with E-state index in [2.05, 4.69) is 11.4 Å². The third-order valence-electron chi connectivity index (χ3n) is 5.69. The minimum absolute atomic E-state index is 0.173. The molecule has 0 aromatic heterocycles. The van der Waals surface area contributed by atoms with Gasteiger partial charge in [0.2, 0.25) is 0 Å². The van der Waals surface area contributed by atoms with Gasteiger partial charge < -0.3 is 26.3 Å². The number of hydrogen-bond acceptors (Lipinski definition) is 5. The largest absolute Gasteiger partial charge is 0.497 e. The van der Waals surface area contributed by atoms with Gasteiger partial charge in [0.15, 0.2) is 0 Å². The van der Waals surface area contributed by atoms with Crippen molar-refractivity contribution >= 4 is 11.6 Å². The Labute approximate surface area is 195 Å². The molecule has 0 amide bonds. The van der Waals surface area contributed by atoms with Gasteiger partial charge in [0, 0.05) is 29.1 Å². The lowest BCUT2D eigenvalue weighted by Gasteiger charge is -2.32. The number of hydrogen-bond donors (Lipinski definition) is 3. The van der Waals surface area contributed by atoms with E-state index in [1.807, 2.05) is 66.7 Å². The first-order valence-electron chi connectivity index (χ1n) is 10.8. The highest BCUT2D eigenvalue weighted by Gasteiger charge is 2.29. The summed E-state index contributed by atoms with van der Waals surface area (Å²) in [5.41, 5.74) is 16.6.